The van der Waals surface area contributed by atoms with E-state index in [0.717, 1.165) is 5.56 Å². The summed E-state index contributed by atoms with van der Waals surface area (Å²) in [7, 11) is 2.79. The van der Waals surface area contributed by atoms with Gasteiger partial charge in [-0.25, -0.2) is 9.78 Å². The molecule has 0 spiro atoms. The molecule has 0 N–H and O–H groups in total. The molecule has 2 rings (SSSR count). The number of aromatic nitrogens is 1. The lowest BCUT2D eigenvalue weighted by Gasteiger charge is -1.97. The molecule has 6 heteroatoms. The van der Waals surface area contributed by atoms with E-state index in [1.165, 1.54) is 14.2 Å². The molecule has 0 unspecified atom stereocenters. The second-order valence-electron chi connectivity index (χ2n) is 3.72. The van der Waals surface area contributed by atoms with Crippen molar-refractivity contribution in [1.29, 1.82) is 0 Å². The van der Waals surface area contributed by atoms with Crippen molar-refractivity contribution in [1.82, 2.24) is 4.98 Å². The number of carbonyl (C=O) groups is 1. The maximum absolute atomic E-state index is 11.6. The number of esters is 1. The van der Waals surface area contributed by atoms with Crippen LogP contribution in [0.1, 0.15) is 16.2 Å². The topological polar surface area (TPSA) is 61.6 Å². The normalized spacial score (nSPS) is 10.5. The average molecular weight is 282 g/mol. The van der Waals surface area contributed by atoms with Crippen LogP contribution in [0.15, 0.2) is 28.7 Å². The molecule has 1 aromatic heterocycles. The van der Waals surface area contributed by atoms with Crippen LogP contribution in [0.2, 0.25) is 5.02 Å². The van der Waals surface area contributed by atoms with Gasteiger partial charge in [-0.05, 0) is 24.3 Å². The first-order chi connectivity index (χ1) is 9.15. The molecule has 19 heavy (non-hydrogen) atoms. The highest BCUT2D eigenvalue weighted by molar-refractivity contribution is 6.30. The lowest BCUT2D eigenvalue weighted by molar-refractivity contribution is 0.0586. The summed E-state index contributed by atoms with van der Waals surface area (Å²) in [5.41, 5.74) is 0.839. The Morgan fingerprint density at radius 3 is 2.58 bits per heavy atom. The van der Waals surface area contributed by atoms with E-state index in [1.54, 1.807) is 24.3 Å². The van der Waals surface area contributed by atoms with Crippen LogP contribution in [0.3, 0.4) is 0 Å². The van der Waals surface area contributed by atoms with Gasteiger partial charge >= 0.3 is 5.97 Å². The van der Waals surface area contributed by atoms with Crippen LogP contribution in [-0.2, 0) is 16.1 Å². The minimum atomic E-state index is -0.559. The molecule has 100 valence electrons. The summed E-state index contributed by atoms with van der Waals surface area (Å²) in [6, 6.07) is 6.95. The number of nitrogens with zero attached hydrogens (tertiary/aromatic N) is 1. The van der Waals surface area contributed by atoms with E-state index in [0.29, 0.717) is 16.7 Å². The van der Waals surface area contributed by atoms with Gasteiger partial charge in [-0.2, -0.15) is 0 Å². The van der Waals surface area contributed by atoms with Crippen molar-refractivity contribution in [2.75, 3.05) is 14.2 Å². The minimum absolute atomic E-state index is 0.120. The molecule has 1 aromatic carbocycles. The average Bonchev–Trinajstić information content (AvgIpc) is 2.83. The van der Waals surface area contributed by atoms with Gasteiger partial charge in [0.05, 0.1) is 7.11 Å². The fourth-order valence-electron chi connectivity index (χ4n) is 1.55. The third-order valence-corrected chi connectivity index (χ3v) is 2.69. The number of methoxy groups -OCH3 is 2. The SMILES string of the molecule is COCc1oc(-c2ccc(Cl)cc2)nc1C(=O)OC. The molecule has 0 amide bonds. The van der Waals surface area contributed by atoms with Gasteiger partial charge < -0.3 is 13.9 Å². The van der Waals surface area contributed by atoms with Crippen molar-refractivity contribution in [3.63, 3.8) is 0 Å². The third kappa shape index (κ3) is 2.94. The Morgan fingerprint density at radius 2 is 2.00 bits per heavy atom. The van der Waals surface area contributed by atoms with Crippen molar-refractivity contribution in [3.8, 4) is 11.5 Å². The zero-order chi connectivity index (χ0) is 13.8. The Bertz CT molecular complexity index is 577. The number of hydrogen-bond donors (Lipinski definition) is 0. The number of carbonyl (C=O) groups excluding carboxylic acids is 1. The van der Waals surface area contributed by atoms with E-state index in [4.69, 9.17) is 20.8 Å². The summed E-state index contributed by atoms with van der Waals surface area (Å²) in [6.45, 7) is 0.144. The number of rotatable bonds is 4. The summed E-state index contributed by atoms with van der Waals surface area (Å²) in [4.78, 5) is 15.7. The lowest BCUT2D eigenvalue weighted by atomic mass is 10.2. The van der Waals surface area contributed by atoms with E-state index in [1.807, 2.05) is 0 Å². The first-order valence-electron chi connectivity index (χ1n) is 5.48. The smallest absolute Gasteiger partial charge is 0.360 e. The Morgan fingerprint density at radius 1 is 1.32 bits per heavy atom. The van der Waals surface area contributed by atoms with Crippen LogP contribution in [0.4, 0.5) is 0 Å². The summed E-state index contributed by atoms with van der Waals surface area (Å²) in [6.07, 6.45) is 0. The standard InChI is InChI=1S/C13H12ClNO4/c1-17-7-10-11(13(16)18-2)15-12(19-10)8-3-5-9(14)6-4-8/h3-6H,7H2,1-2H3. The van der Waals surface area contributed by atoms with E-state index >= 15 is 0 Å². The molecular weight excluding hydrogens is 270 g/mol. The highest BCUT2D eigenvalue weighted by atomic mass is 35.5. The van der Waals surface area contributed by atoms with Gasteiger partial charge in [0, 0.05) is 17.7 Å². The second kappa shape index (κ2) is 5.86. The van der Waals surface area contributed by atoms with Crippen LogP contribution in [0.25, 0.3) is 11.5 Å². The molecule has 0 radical (unpaired) electrons. The summed E-state index contributed by atoms with van der Waals surface area (Å²) < 4.78 is 15.1. The molecule has 0 bridgehead atoms. The Balaban J connectivity index is 2.41. The lowest BCUT2D eigenvalue weighted by Crippen LogP contribution is -2.05. The number of oxazole rings is 1. The first-order valence-corrected chi connectivity index (χ1v) is 5.86. The summed E-state index contributed by atoms with van der Waals surface area (Å²) in [5, 5.41) is 0.612. The van der Waals surface area contributed by atoms with E-state index in [9.17, 15) is 4.79 Å². The quantitative estimate of drug-likeness (QED) is 0.806. The minimum Gasteiger partial charge on any atom is -0.464 e. The van der Waals surface area contributed by atoms with E-state index in [-0.39, 0.29) is 12.3 Å². The molecule has 0 aliphatic carbocycles. The molecule has 0 fully saturated rings. The molecular formula is C13H12ClNO4. The van der Waals surface area contributed by atoms with Gasteiger partial charge in [0.15, 0.2) is 11.5 Å². The second-order valence-corrected chi connectivity index (χ2v) is 4.16. The highest BCUT2D eigenvalue weighted by Gasteiger charge is 2.21. The third-order valence-electron chi connectivity index (χ3n) is 2.44. The van der Waals surface area contributed by atoms with Gasteiger partial charge in [0.1, 0.15) is 6.61 Å². The van der Waals surface area contributed by atoms with E-state index < -0.39 is 5.97 Å². The van der Waals surface area contributed by atoms with Crippen LogP contribution in [-0.4, -0.2) is 25.2 Å². The molecule has 0 aliphatic heterocycles. The first kappa shape index (κ1) is 13.6. The van der Waals surface area contributed by atoms with Crippen LogP contribution < -0.4 is 0 Å². The van der Waals surface area contributed by atoms with Gasteiger partial charge in [-0.1, -0.05) is 11.6 Å². The fourth-order valence-corrected chi connectivity index (χ4v) is 1.68. The Hall–Kier alpha value is -1.85. The molecule has 2 aromatic rings. The molecule has 0 saturated carbocycles. The van der Waals surface area contributed by atoms with Crippen molar-refractivity contribution in [2.45, 2.75) is 6.61 Å². The molecule has 1 heterocycles. The van der Waals surface area contributed by atoms with Gasteiger partial charge in [0.2, 0.25) is 5.89 Å². The molecule has 0 saturated heterocycles. The fraction of sp³-hybridized carbons (Fsp3) is 0.231. The maximum Gasteiger partial charge on any atom is 0.360 e. The van der Waals surface area contributed by atoms with Crippen molar-refractivity contribution in [3.05, 3.63) is 40.7 Å². The van der Waals surface area contributed by atoms with Crippen LogP contribution >= 0.6 is 11.6 Å². The highest BCUT2D eigenvalue weighted by Crippen LogP contribution is 2.24. The summed E-state index contributed by atoms with van der Waals surface area (Å²) in [5.74, 6) is 0.0967. The zero-order valence-corrected chi connectivity index (χ0v) is 11.2. The van der Waals surface area contributed by atoms with Crippen LogP contribution in [0, 0.1) is 0 Å². The van der Waals surface area contributed by atoms with Crippen molar-refractivity contribution >= 4 is 17.6 Å². The number of hydrogen-bond acceptors (Lipinski definition) is 5. The predicted octanol–water partition coefficient (Wildman–Crippen LogP) is 2.93. The molecule has 5 nitrogen and oxygen atoms in total. The predicted molar refractivity (Wildman–Crippen MR) is 69.0 cm³/mol. The van der Waals surface area contributed by atoms with Crippen LogP contribution in [0.5, 0.6) is 0 Å². The number of benzene rings is 1. The number of halogens is 1. The van der Waals surface area contributed by atoms with Gasteiger partial charge in [-0.15, -0.1) is 0 Å². The van der Waals surface area contributed by atoms with Crippen molar-refractivity contribution in [2.24, 2.45) is 0 Å². The van der Waals surface area contributed by atoms with Gasteiger partial charge in [-0.3, -0.25) is 0 Å². The maximum atomic E-state index is 11.6. The van der Waals surface area contributed by atoms with E-state index in [2.05, 4.69) is 9.72 Å². The Labute approximate surface area is 115 Å². The molecule has 0 atom stereocenters. The van der Waals surface area contributed by atoms with Crippen molar-refractivity contribution < 1.29 is 18.7 Å². The van der Waals surface area contributed by atoms with Gasteiger partial charge in [0.25, 0.3) is 0 Å². The monoisotopic (exact) mass is 281 g/mol. The molecule has 0 aliphatic rings. The number of ether oxygens (including phenoxy) is 2. The Kier molecular flexibility index (Phi) is 4.19. The summed E-state index contributed by atoms with van der Waals surface area (Å²) >= 11 is 5.81. The largest absolute Gasteiger partial charge is 0.464 e. The zero-order valence-electron chi connectivity index (χ0n) is 10.5.